The van der Waals surface area contributed by atoms with E-state index in [2.05, 4.69) is 0 Å². The van der Waals surface area contributed by atoms with Crippen molar-refractivity contribution in [2.24, 2.45) is 0 Å². The lowest BCUT2D eigenvalue weighted by Crippen LogP contribution is -2.31. The number of hydrogen-bond acceptors (Lipinski definition) is 6. The van der Waals surface area contributed by atoms with E-state index in [1.165, 1.54) is 0 Å². The minimum atomic E-state index is -0.397. The molecule has 3 heterocycles. The molecular weight excluding hydrogens is 422 g/mol. The number of nitrogens with zero attached hydrogens (tertiary/aromatic N) is 1. The molecule has 2 aliphatic heterocycles. The Hall–Kier alpha value is -3.48. The maximum absolute atomic E-state index is 13.2. The van der Waals surface area contributed by atoms with Crippen LogP contribution in [0.3, 0.4) is 0 Å². The van der Waals surface area contributed by atoms with E-state index in [9.17, 15) is 9.59 Å². The molecular formula is C26H27NO6. The number of fused-ring (bicyclic) bond motifs is 2. The van der Waals surface area contributed by atoms with E-state index in [-0.39, 0.29) is 18.4 Å². The van der Waals surface area contributed by atoms with Gasteiger partial charge in [0.1, 0.15) is 24.5 Å². The van der Waals surface area contributed by atoms with E-state index in [0.29, 0.717) is 43.1 Å². The van der Waals surface area contributed by atoms with E-state index >= 15 is 0 Å². The summed E-state index contributed by atoms with van der Waals surface area (Å²) in [4.78, 5) is 27.8. The van der Waals surface area contributed by atoms with Gasteiger partial charge < -0.3 is 23.5 Å². The second kappa shape index (κ2) is 8.81. The molecule has 1 saturated heterocycles. The molecule has 0 bridgehead atoms. The van der Waals surface area contributed by atoms with Crippen molar-refractivity contribution in [2.45, 2.75) is 38.6 Å². The van der Waals surface area contributed by atoms with Crippen LogP contribution in [-0.2, 0) is 11.2 Å². The number of ether oxygens (including phenoxy) is 3. The summed E-state index contributed by atoms with van der Waals surface area (Å²) in [6.45, 7) is 3.70. The van der Waals surface area contributed by atoms with Gasteiger partial charge in [0.05, 0.1) is 13.2 Å². The minimum Gasteiger partial charge on any atom is -0.497 e. The third kappa shape index (κ3) is 4.03. The summed E-state index contributed by atoms with van der Waals surface area (Å²) in [6, 6.07) is 11.4. The first-order valence-corrected chi connectivity index (χ1v) is 11.3. The zero-order chi connectivity index (χ0) is 22.9. The number of carbonyl (C=O) groups is 1. The molecule has 1 amide bonds. The van der Waals surface area contributed by atoms with Gasteiger partial charge in [-0.3, -0.25) is 4.79 Å². The van der Waals surface area contributed by atoms with Gasteiger partial charge in [0, 0.05) is 30.0 Å². The monoisotopic (exact) mass is 449 g/mol. The number of likely N-dealkylation sites (tertiary alicyclic amines) is 1. The topological polar surface area (TPSA) is 78.2 Å². The first kappa shape index (κ1) is 21.4. The number of carbonyl (C=O) groups excluding carboxylic acids is 1. The summed E-state index contributed by atoms with van der Waals surface area (Å²) in [5.41, 5.74) is 2.55. The second-order valence-corrected chi connectivity index (χ2v) is 8.50. The molecule has 1 atom stereocenters. The fourth-order valence-electron chi connectivity index (χ4n) is 4.85. The molecule has 0 aliphatic carbocycles. The Balaban J connectivity index is 1.33. The van der Waals surface area contributed by atoms with Crippen molar-refractivity contribution in [3.05, 3.63) is 63.5 Å². The van der Waals surface area contributed by atoms with Crippen LogP contribution in [0, 0.1) is 6.92 Å². The van der Waals surface area contributed by atoms with Crippen LogP contribution in [0.4, 0.5) is 0 Å². The quantitative estimate of drug-likeness (QED) is 0.544. The third-order valence-corrected chi connectivity index (χ3v) is 6.61. The van der Waals surface area contributed by atoms with Crippen molar-refractivity contribution in [1.29, 1.82) is 0 Å². The van der Waals surface area contributed by atoms with Crippen molar-refractivity contribution in [2.75, 3.05) is 26.9 Å². The Bertz CT molecular complexity index is 1260. The van der Waals surface area contributed by atoms with Crippen LogP contribution in [-0.4, -0.2) is 37.7 Å². The number of aryl methyl sites for hydroxylation is 1. The molecule has 172 valence electrons. The second-order valence-electron chi connectivity index (χ2n) is 8.50. The number of hydrogen-bond donors (Lipinski definition) is 0. The Kier molecular flexibility index (Phi) is 5.70. The zero-order valence-electron chi connectivity index (χ0n) is 18.9. The van der Waals surface area contributed by atoms with E-state index in [1.54, 1.807) is 13.2 Å². The zero-order valence-corrected chi connectivity index (χ0v) is 18.9. The van der Waals surface area contributed by atoms with E-state index < -0.39 is 5.63 Å². The summed E-state index contributed by atoms with van der Waals surface area (Å²) in [5.74, 6) is 2.16. The van der Waals surface area contributed by atoms with Crippen LogP contribution in [0.25, 0.3) is 11.0 Å². The predicted molar refractivity (Wildman–Crippen MR) is 123 cm³/mol. The molecule has 1 unspecified atom stereocenters. The van der Waals surface area contributed by atoms with Crippen LogP contribution >= 0.6 is 0 Å². The fourth-order valence-corrected chi connectivity index (χ4v) is 4.85. The third-order valence-electron chi connectivity index (χ3n) is 6.61. The molecule has 2 aliphatic rings. The lowest BCUT2D eigenvalue weighted by atomic mass is 10.0. The summed E-state index contributed by atoms with van der Waals surface area (Å²) in [6.07, 6.45) is 2.46. The molecule has 1 aromatic heterocycles. The number of amides is 1. The highest BCUT2D eigenvalue weighted by molar-refractivity contribution is 5.83. The molecule has 5 rings (SSSR count). The molecule has 0 radical (unpaired) electrons. The Morgan fingerprint density at radius 2 is 1.94 bits per heavy atom. The van der Waals surface area contributed by atoms with Gasteiger partial charge in [-0.2, -0.15) is 0 Å². The molecule has 1 fully saturated rings. The Morgan fingerprint density at radius 1 is 1.12 bits per heavy atom. The van der Waals surface area contributed by atoms with E-state index in [4.69, 9.17) is 18.6 Å². The van der Waals surface area contributed by atoms with Gasteiger partial charge in [0.15, 0.2) is 11.5 Å². The van der Waals surface area contributed by atoms with Crippen LogP contribution in [0.15, 0.2) is 45.6 Å². The van der Waals surface area contributed by atoms with Crippen LogP contribution in [0.2, 0.25) is 0 Å². The number of methoxy groups -OCH3 is 1. The molecule has 2 aromatic carbocycles. The maximum Gasteiger partial charge on any atom is 0.339 e. The highest BCUT2D eigenvalue weighted by atomic mass is 16.6. The minimum absolute atomic E-state index is 0.00917. The molecule has 3 aromatic rings. The molecule has 33 heavy (non-hydrogen) atoms. The van der Waals surface area contributed by atoms with Crippen molar-refractivity contribution in [1.82, 2.24) is 4.90 Å². The van der Waals surface area contributed by atoms with Gasteiger partial charge in [-0.1, -0.05) is 6.07 Å². The smallest absolute Gasteiger partial charge is 0.339 e. The SMILES string of the molecule is COc1ccc2c(C)c(CCC(=O)N3CCCC3c3ccc4c(c3)OCCO4)c(=O)oc2c1. The standard InChI is InChI=1S/C26H27NO6/c1-16-19-7-6-18(30-2)15-23(19)33-26(29)20(16)8-10-25(28)27-11-3-4-21(27)17-5-9-22-24(14-17)32-13-12-31-22/h5-7,9,14-15,21H,3-4,8,10-13H2,1-2H3. The fraction of sp³-hybridized carbons (Fsp3) is 0.385. The van der Waals surface area contributed by atoms with E-state index in [0.717, 1.165) is 40.9 Å². The van der Waals surface area contributed by atoms with Crippen LogP contribution in [0.5, 0.6) is 17.2 Å². The molecule has 0 spiro atoms. The average Bonchev–Trinajstić information content (AvgIpc) is 3.33. The van der Waals surface area contributed by atoms with Crippen molar-refractivity contribution in [3.63, 3.8) is 0 Å². The van der Waals surface area contributed by atoms with Gasteiger partial charge in [-0.05, 0) is 61.6 Å². The summed E-state index contributed by atoms with van der Waals surface area (Å²) in [5, 5.41) is 0.855. The van der Waals surface area contributed by atoms with Crippen molar-refractivity contribution in [3.8, 4) is 17.2 Å². The van der Waals surface area contributed by atoms with Gasteiger partial charge in [0.2, 0.25) is 5.91 Å². The van der Waals surface area contributed by atoms with Crippen molar-refractivity contribution >= 4 is 16.9 Å². The predicted octanol–water partition coefficient (Wildman–Crippen LogP) is 4.18. The van der Waals surface area contributed by atoms with Gasteiger partial charge in [-0.25, -0.2) is 4.79 Å². The normalized spacial score (nSPS) is 17.4. The van der Waals surface area contributed by atoms with Gasteiger partial charge in [-0.15, -0.1) is 0 Å². The average molecular weight is 450 g/mol. The molecule has 0 saturated carbocycles. The highest BCUT2D eigenvalue weighted by Gasteiger charge is 2.31. The summed E-state index contributed by atoms with van der Waals surface area (Å²) < 4.78 is 22.1. The first-order chi connectivity index (χ1) is 16.0. The maximum atomic E-state index is 13.2. The van der Waals surface area contributed by atoms with E-state index in [1.807, 2.05) is 42.2 Å². The van der Waals surface area contributed by atoms with Gasteiger partial charge in [0.25, 0.3) is 0 Å². The molecule has 7 heteroatoms. The summed E-state index contributed by atoms with van der Waals surface area (Å²) in [7, 11) is 1.57. The first-order valence-electron chi connectivity index (χ1n) is 11.3. The molecule has 0 N–H and O–H groups in total. The molecule has 7 nitrogen and oxygen atoms in total. The summed E-state index contributed by atoms with van der Waals surface area (Å²) >= 11 is 0. The largest absolute Gasteiger partial charge is 0.497 e. The number of rotatable bonds is 5. The Labute approximate surface area is 191 Å². The lowest BCUT2D eigenvalue weighted by molar-refractivity contribution is -0.132. The van der Waals surface area contributed by atoms with Gasteiger partial charge >= 0.3 is 5.63 Å². The number of benzene rings is 2. The lowest BCUT2D eigenvalue weighted by Gasteiger charge is -2.27. The highest BCUT2D eigenvalue weighted by Crippen LogP contribution is 2.38. The Morgan fingerprint density at radius 3 is 2.76 bits per heavy atom. The van der Waals surface area contributed by atoms with Crippen LogP contribution in [0.1, 0.15) is 42.0 Å². The van der Waals surface area contributed by atoms with Crippen LogP contribution < -0.4 is 19.8 Å². The van der Waals surface area contributed by atoms with Crippen molar-refractivity contribution < 1.29 is 23.4 Å².